The number of ketones is 1. The largest absolute Gasteiger partial charge is 0.452 e. The van der Waals surface area contributed by atoms with Gasteiger partial charge in [-0.05, 0) is 42.7 Å². The summed E-state index contributed by atoms with van der Waals surface area (Å²) in [5.74, 6) is -1.71. The monoisotopic (exact) mass is 419 g/mol. The normalized spacial score (nSPS) is 12.4. The Hall–Kier alpha value is -3.42. The SMILES string of the molecule is CC(=O)[C@@H](Cc1ccccc1)NC(=O)COC(=O)/C=C/c1ccc(C(F)(F)F)cc1. The zero-order valence-corrected chi connectivity index (χ0v) is 16.1. The van der Waals surface area contributed by atoms with Gasteiger partial charge in [-0.1, -0.05) is 42.5 Å². The Morgan fingerprint density at radius 1 is 1.03 bits per heavy atom. The lowest BCUT2D eigenvalue weighted by atomic mass is 10.0. The number of alkyl halides is 3. The van der Waals surface area contributed by atoms with E-state index in [2.05, 4.69) is 5.32 Å². The summed E-state index contributed by atoms with van der Waals surface area (Å²) in [6, 6.07) is 12.6. The molecule has 30 heavy (non-hydrogen) atoms. The molecule has 0 aliphatic carbocycles. The maximum Gasteiger partial charge on any atom is 0.416 e. The van der Waals surface area contributed by atoms with E-state index in [1.54, 1.807) is 0 Å². The molecule has 0 unspecified atom stereocenters. The third-order valence-corrected chi connectivity index (χ3v) is 4.10. The Morgan fingerprint density at radius 2 is 1.67 bits per heavy atom. The van der Waals surface area contributed by atoms with Gasteiger partial charge in [-0.3, -0.25) is 9.59 Å². The molecule has 0 aliphatic rings. The van der Waals surface area contributed by atoms with Gasteiger partial charge in [0.1, 0.15) is 0 Å². The van der Waals surface area contributed by atoms with Crippen LogP contribution >= 0.6 is 0 Å². The van der Waals surface area contributed by atoms with Gasteiger partial charge in [-0.2, -0.15) is 13.2 Å². The predicted octanol–water partition coefficient (Wildman–Crippen LogP) is 3.58. The molecule has 0 fully saturated rings. The maximum atomic E-state index is 12.5. The topological polar surface area (TPSA) is 72.5 Å². The molecule has 0 saturated carbocycles. The van der Waals surface area contributed by atoms with Crippen LogP contribution in [0.25, 0.3) is 6.08 Å². The van der Waals surface area contributed by atoms with E-state index >= 15 is 0 Å². The number of hydrogen-bond acceptors (Lipinski definition) is 4. The number of carbonyl (C=O) groups excluding carboxylic acids is 3. The van der Waals surface area contributed by atoms with Gasteiger partial charge in [-0.15, -0.1) is 0 Å². The molecular weight excluding hydrogens is 399 g/mol. The lowest BCUT2D eigenvalue weighted by Crippen LogP contribution is -2.43. The average molecular weight is 419 g/mol. The van der Waals surface area contributed by atoms with Crippen molar-refractivity contribution < 1.29 is 32.3 Å². The maximum absolute atomic E-state index is 12.5. The number of nitrogens with one attached hydrogen (secondary N) is 1. The first kappa shape index (κ1) is 22.9. The van der Waals surface area contributed by atoms with E-state index in [1.807, 2.05) is 30.3 Å². The second-order valence-electron chi connectivity index (χ2n) is 6.48. The Labute approximate surface area is 171 Å². The van der Waals surface area contributed by atoms with Crippen molar-refractivity contribution in [2.45, 2.75) is 25.6 Å². The number of halogens is 3. The van der Waals surface area contributed by atoms with Crippen molar-refractivity contribution in [1.82, 2.24) is 5.32 Å². The standard InChI is InChI=1S/C22H20F3NO4/c1-15(27)19(13-17-5-3-2-4-6-17)26-20(28)14-30-21(29)12-9-16-7-10-18(11-8-16)22(23,24)25/h2-12,19H,13-14H2,1H3,(H,26,28)/b12-9+/t19-/m1/s1. The van der Waals surface area contributed by atoms with Crippen LogP contribution in [0.5, 0.6) is 0 Å². The van der Waals surface area contributed by atoms with Crippen molar-refractivity contribution in [1.29, 1.82) is 0 Å². The number of Topliss-reactive ketones (excluding diaryl/α,β-unsaturated/α-hetero) is 1. The Kier molecular flexibility index (Phi) is 7.91. The first-order chi connectivity index (χ1) is 14.1. The summed E-state index contributed by atoms with van der Waals surface area (Å²) in [6.45, 7) is 0.765. The minimum Gasteiger partial charge on any atom is -0.452 e. The number of ether oxygens (including phenoxy) is 1. The Morgan fingerprint density at radius 3 is 2.23 bits per heavy atom. The van der Waals surface area contributed by atoms with Gasteiger partial charge in [0.2, 0.25) is 0 Å². The lowest BCUT2D eigenvalue weighted by molar-refractivity contribution is -0.144. The zero-order valence-electron chi connectivity index (χ0n) is 16.1. The van der Waals surface area contributed by atoms with Crippen LogP contribution in [-0.4, -0.2) is 30.3 Å². The second kappa shape index (κ2) is 10.4. The molecule has 0 radical (unpaired) electrons. The molecule has 0 heterocycles. The van der Waals surface area contributed by atoms with Gasteiger partial charge in [0, 0.05) is 6.08 Å². The fourth-order valence-corrected chi connectivity index (χ4v) is 2.51. The first-order valence-electron chi connectivity index (χ1n) is 9.01. The highest BCUT2D eigenvalue weighted by Crippen LogP contribution is 2.29. The number of esters is 1. The smallest absolute Gasteiger partial charge is 0.416 e. The molecule has 0 saturated heterocycles. The molecule has 1 N–H and O–H groups in total. The molecular formula is C22H20F3NO4. The van der Waals surface area contributed by atoms with E-state index in [9.17, 15) is 27.6 Å². The molecule has 0 aromatic heterocycles. The highest BCUT2D eigenvalue weighted by Gasteiger charge is 2.29. The van der Waals surface area contributed by atoms with Crippen LogP contribution in [0.4, 0.5) is 13.2 Å². The lowest BCUT2D eigenvalue weighted by Gasteiger charge is -2.16. The van der Waals surface area contributed by atoms with Gasteiger partial charge in [0.05, 0.1) is 11.6 Å². The molecule has 158 valence electrons. The third kappa shape index (κ3) is 7.54. The first-order valence-corrected chi connectivity index (χ1v) is 9.01. The van der Waals surface area contributed by atoms with Gasteiger partial charge in [0.25, 0.3) is 5.91 Å². The summed E-state index contributed by atoms with van der Waals surface area (Å²) >= 11 is 0. The fourth-order valence-electron chi connectivity index (χ4n) is 2.51. The van der Waals surface area contributed by atoms with Gasteiger partial charge in [0.15, 0.2) is 12.4 Å². The zero-order chi connectivity index (χ0) is 22.1. The van der Waals surface area contributed by atoms with E-state index < -0.39 is 36.3 Å². The van der Waals surface area contributed by atoms with Crippen LogP contribution in [0, 0.1) is 0 Å². The minimum absolute atomic E-state index is 0.235. The van der Waals surface area contributed by atoms with Crippen molar-refractivity contribution in [2.24, 2.45) is 0 Å². The van der Waals surface area contributed by atoms with E-state index in [4.69, 9.17) is 4.74 Å². The second-order valence-corrected chi connectivity index (χ2v) is 6.48. The Balaban J connectivity index is 1.83. The van der Waals surface area contributed by atoms with Gasteiger partial charge < -0.3 is 10.1 Å². The molecule has 1 atom stereocenters. The van der Waals surface area contributed by atoms with Crippen molar-refractivity contribution in [3.63, 3.8) is 0 Å². The van der Waals surface area contributed by atoms with E-state index in [-0.39, 0.29) is 5.78 Å². The summed E-state index contributed by atoms with van der Waals surface area (Å²) in [6.07, 6.45) is -1.85. The van der Waals surface area contributed by atoms with E-state index in [0.717, 1.165) is 23.8 Å². The third-order valence-electron chi connectivity index (χ3n) is 4.10. The molecule has 0 spiro atoms. The van der Waals surface area contributed by atoms with Crippen LogP contribution in [0.1, 0.15) is 23.6 Å². The molecule has 0 bridgehead atoms. The van der Waals surface area contributed by atoms with E-state index in [1.165, 1.54) is 25.1 Å². The number of rotatable bonds is 8. The minimum atomic E-state index is -4.44. The van der Waals surface area contributed by atoms with Crippen LogP contribution < -0.4 is 5.32 Å². The highest BCUT2D eigenvalue weighted by molar-refractivity contribution is 5.91. The van der Waals surface area contributed by atoms with Crippen LogP contribution in [-0.2, 0) is 31.7 Å². The number of hydrogen-bond donors (Lipinski definition) is 1. The van der Waals surface area contributed by atoms with Crippen molar-refractivity contribution in [2.75, 3.05) is 6.61 Å². The van der Waals surface area contributed by atoms with E-state index in [0.29, 0.717) is 12.0 Å². The molecule has 2 rings (SSSR count). The predicted molar refractivity (Wildman–Crippen MR) is 104 cm³/mol. The molecule has 1 amide bonds. The van der Waals surface area contributed by atoms with Crippen LogP contribution in [0.15, 0.2) is 60.7 Å². The quantitative estimate of drug-likeness (QED) is 0.525. The van der Waals surface area contributed by atoms with Crippen molar-refractivity contribution in [3.8, 4) is 0 Å². The summed E-state index contributed by atoms with van der Waals surface area (Å²) < 4.78 is 42.4. The summed E-state index contributed by atoms with van der Waals surface area (Å²) in [4.78, 5) is 35.5. The number of benzene rings is 2. The number of carbonyl (C=O) groups is 3. The molecule has 2 aromatic carbocycles. The van der Waals surface area contributed by atoms with Crippen molar-refractivity contribution in [3.05, 3.63) is 77.4 Å². The van der Waals surface area contributed by atoms with Gasteiger partial charge >= 0.3 is 12.1 Å². The fraction of sp³-hybridized carbons (Fsp3) is 0.227. The van der Waals surface area contributed by atoms with Gasteiger partial charge in [-0.25, -0.2) is 4.79 Å². The summed E-state index contributed by atoms with van der Waals surface area (Å²) in [5, 5.41) is 2.52. The van der Waals surface area contributed by atoms with Crippen LogP contribution in [0.2, 0.25) is 0 Å². The number of amides is 1. The van der Waals surface area contributed by atoms with Crippen LogP contribution in [0.3, 0.4) is 0 Å². The summed E-state index contributed by atoms with van der Waals surface area (Å²) in [7, 11) is 0. The van der Waals surface area contributed by atoms with Crippen molar-refractivity contribution >= 4 is 23.7 Å². The molecule has 0 aliphatic heterocycles. The molecule has 2 aromatic rings. The molecule has 8 heteroatoms. The highest BCUT2D eigenvalue weighted by atomic mass is 19.4. The Bertz CT molecular complexity index is 906. The molecule has 5 nitrogen and oxygen atoms in total. The summed E-state index contributed by atoms with van der Waals surface area (Å²) in [5.41, 5.74) is 0.438. The average Bonchev–Trinajstić information content (AvgIpc) is 2.70.